The molecule has 2 unspecified atom stereocenters. The van der Waals surface area contributed by atoms with Crippen molar-refractivity contribution >= 4 is 5.91 Å². The summed E-state index contributed by atoms with van der Waals surface area (Å²) in [5.74, 6) is -0.0755. The van der Waals surface area contributed by atoms with E-state index in [1.807, 2.05) is 30.3 Å². The number of morpholine rings is 1. The summed E-state index contributed by atoms with van der Waals surface area (Å²) in [4.78, 5) is 14.2. The molecule has 1 aromatic rings. The van der Waals surface area contributed by atoms with Crippen molar-refractivity contribution in [1.82, 2.24) is 4.90 Å². The first-order valence-electron chi connectivity index (χ1n) is 6.59. The molecular formula is C15H21NO3. The van der Waals surface area contributed by atoms with Gasteiger partial charge in [-0.1, -0.05) is 30.3 Å². The summed E-state index contributed by atoms with van der Waals surface area (Å²) in [6.45, 7) is 6.10. The Morgan fingerprint density at radius 2 is 2.05 bits per heavy atom. The van der Waals surface area contributed by atoms with Gasteiger partial charge < -0.3 is 14.7 Å². The lowest BCUT2D eigenvalue weighted by Crippen LogP contribution is -2.60. The Hall–Kier alpha value is -1.39. The quantitative estimate of drug-likeness (QED) is 0.900. The number of ether oxygens (including phenoxy) is 1. The maximum absolute atomic E-state index is 12.5. The highest BCUT2D eigenvalue weighted by molar-refractivity contribution is 5.85. The topological polar surface area (TPSA) is 49.8 Å². The molecule has 0 bridgehead atoms. The second-order valence-corrected chi connectivity index (χ2v) is 5.55. The summed E-state index contributed by atoms with van der Waals surface area (Å²) >= 11 is 0. The van der Waals surface area contributed by atoms with Crippen LogP contribution in [-0.4, -0.2) is 40.3 Å². The lowest BCUT2D eigenvalue weighted by atomic mass is 9.99. The van der Waals surface area contributed by atoms with Crippen LogP contribution in [0, 0.1) is 0 Å². The molecule has 1 N–H and O–H groups in total. The zero-order valence-electron chi connectivity index (χ0n) is 11.7. The number of hydrogen-bond acceptors (Lipinski definition) is 3. The molecule has 1 fully saturated rings. The van der Waals surface area contributed by atoms with E-state index in [2.05, 4.69) is 0 Å². The number of benzene rings is 1. The first kappa shape index (κ1) is 14.0. The van der Waals surface area contributed by atoms with Gasteiger partial charge in [-0.3, -0.25) is 4.79 Å². The van der Waals surface area contributed by atoms with Gasteiger partial charge in [0.1, 0.15) is 5.60 Å². The van der Waals surface area contributed by atoms with Gasteiger partial charge in [-0.2, -0.15) is 0 Å². The van der Waals surface area contributed by atoms with E-state index in [-0.39, 0.29) is 11.9 Å². The van der Waals surface area contributed by atoms with E-state index < -0.39 is 11.7 Å². The van der Waals surface area contributed by atoms with Crippen LogP contribution in [0.4, 0.5) is 0 Å². The molecule has 1 heterocycles. The zero-order chi connectivity index (χ0) is 14.0. The molecule has 0 spiro atoms. The van der Waals surface area contributed by atoms with Gasteiger partial charge in [0, 0.05) is 6.54 Å². The van der Waals surface area contributed by atoms with Gasteiger partial charge in [-0.25, -0.2) is 0 Å². The highest BCUT2D eigenvalue weighted by atomic mass is 16.5. The maximum Gasteiger partial charge on any atom is 0.254 e. The predicted octanol–water partition coefficient (Wildman–Crippen LogP) is 1.57. The molecule has 1 aromatic carbocycles. The normalized spacial score (nSPS) is 24.3. The van der Waals surface area contributed by atoms with E-state index in [0.717, 1.165) is 5.56 Å². The second kappa shape index (κ2) is 5.31. The second-order valence-electron chi connectivity index (χ2n) is 5.55. The lowest BCUT2D eigenvalue weighted by Gasteiger charge is -2.44. The Morgan fingerprint density at radius 3 is 2.63 bits per heavy atom. The number of aliphatic hydroxyl groups excluding tert-OH is 1. The van der Waals surface area contributed by atoms with Crippen LogP contribution < -0.4 is 0 Å². The maximum atomic E-state index is 12.5. The third-order valence-electron chi connectivity index (χ3n) is 3.54. The van der Waals surface area contributed by atoms with Gasteiger partial charge in [-0.05, 0) is 26.3 Å². The van der Waals surface area contributed by atoms with Crippen molar-refractivity contribution in [2.24, 2.45) is 0 Å². The monoisotopic (exact) mass is 263 g/mol. The van der Waals surface area contributed by atoms with Crippen LogP contribution in [0.5, 0.6) is 0 Å². The molecule has 19 heavy (non-hydrogen) atoms. The van der Waals surface area contributed by atoms with E-state index >= 15 is 0 Å². The highest BCUT2D eigenvalue weighted by Gasteiger charge is 2.43. The number of aliphatic hydroxyl groups is 1. The summed E-state index contributed by atoms with van der Waals surface area (Å²) in [7, 11) is 0. The molecule has 0 saturated carbocycles. The van der Waals surface area contributed by atoms with Crippen LogP contribution in [0.15, 0.2) is 30.3 Å². The largest absolute Gasteiger partial charge is 0.391 e. The number of hydrogen-bond donors (Lipinski definition) is 1. The van der Waals surface area contributed by atoms with Crippen molar-refractivity contribution in [3.63, 3.8) is 0 Å². The van der Waals surface area contributed by atoms with E-state index in [4.69, 9.17) is 4.74 Å². The van der Waals surface area contributed by atoms with Crippen molar-refractivity contribution in [3.8, 4) is 0 Å². The van der Waals surface area contributed by atoms with E-state index in [1.54, 1.807) is 25.7 Å². The SMILES string of the molecule is CC(O)C1COC(C)(C)C(=O)N1Cc1ccccc1. The van der Waals surface area contributed by atoms with Gasteiger partial charge in [0.05, 0.1) is 18.8 Å². The molecule has 104 valence electrons. The Labute approximate surface area is 114 Å². The van der Waals surface area contributed by atoms with E-state index in [0.29, 0.717) is 13.2 Å². The molecule has 2 rings (SSSR count). The molecule has 0 aliphatic carbocycles. The molecule has 4 nitrogen and oxygen atoms in total. The molecule has 0 aromatic heterocycles. The smallest absolute Gasteiger partial charge is 0.254 e. The van der Waals surface area contributed by atoms with Crippen molar-refractivity contribution in [2.45, 2.75) is 45.1 Å². The highest BCUT2D eigenvalue weighted by Crippen LogP contribution is 2.25. The molecule has 0 radical (unpaired) electrons. The third-order valence-corrected chi connectivity index (χ3v) is 3.54. The van der Waals surface area contributed by atoms with Crippen molar-refractivity contribution in [3.05, 3.63) is 35.9 Å². The number of rotatable bonds is 3. The minimum absolute atomic E-state index is 0.0755. The molecule has 4 heteroatoms. The van der Waals surface area contributed by atoms with Crippen LogP contribution >= 0.6 is 0 Å². The molecule has 1 saturated heterocycles. The van der Waals surface area contributed by atoms with Crippen molar-refractivity contribution < 1.29 is 14.6 Å². The molecular weight excluding hydrogens is 242 g/mol. The standard InChI is InChI=1S/C15H21NO3/c1-11(17)13-10-19-15(2,3)14(18)16(13)9-12-7-5-4-6-8-12/h4-8,11,13,17H,9-10H2,1-3H3. The van der Waals surface area contributed by atoms with Crippen molar-refractivity contribution in [1.29, 1.82) is 0 Å². The number of nitrogens with zero attached hydrogens (tertiary/aromatic N) is 1. The van der Waals surface area contributed by atoms with Gasteiger partial charge in [-0.15, -0.1) is 0 Å². The van der Waals surface area contributed by atoms with E-state index in [9.17, 15) is 9.90 Å². The Morgan fingerprint density at radius 1 is 1.42 bits per heavy atom. The van der Waals surface area contributed by atoms with Crippen LogP contribution in [0.1, 0.15) is 26.3 Å². The van der Waals surface area contributed by atoms with Gasteiger partial charge in [0.25, 0.3) is 5.91 Å². The van der Waals surface area contributed by atoms with Gasteiger partial charge in [0.15, 0.2) is 0 Å². The summed E-state index contributed by atoms with van der Waals surface area (Å²) in [6, 6.07) is 9.51. The van der Waals surface area contributed by atoms with Crippen molar-refractivity contribution in [2.75, 3.05) is 6.61 Å². The Bertz CT molecular complexity index is 442. The average Bonchev–Trinajstić information content (AvgIpc) is 2.36. The summed E-state index contributed by atoms with van der Waals surface area (Å²) in [6.07, 6.45) is -0.608. The fourth-order valence-corrected chi connectivity index (χ4v) is 2.31. The van der Waals surface area contributed by atoms with Gasteiger partial charge in [0.2, 0.25) is 0 Å². The summed E-state index contributed by atoms with van der Waals surface area (Å²) in [5.41, 5.74) is 0.236. The molecule has 2 atom stereocenters. The van der Waals surface area contributed by atoms with E-state index in [1.165, 1.54) is 0 Å². The summed E-state index contributed by atoms with van der Waals surface area (Å²) in [5, 5.41) is 9.84. The lowest BCUT2D eigenvalue weighted by molar-refractivity contribution is -0.181. The van der Waals surface area contributed by atoms with Crippen LogP contribution in [0.25, 0.3) is 0 Å². The third kappa shape index (κ3) is 2.96. The number of amides is 1. The van der Waals surface area contributed by atoms with Crippen LogP contribution in [0.2, 0.25) is 0 Å². The first-order chi connectivity index (χ1) is 8.92. The fraction of sp³-hybridized carbons (Fsp3) is 0.533. The van der Waals surface area contributed by atoms with Crippen LogP contribution in [0.3, 0.4) is 0 Å². The minimum atomic E-state index is -0.819. The average molecular weight is 263 g/mol. The Kier molecular flexibility index (Phi) is 3.92. The molecule has 1 aliphatic rings. The zero-order valence-corrected chi connectivity index (χ0v) is 11.7. The number of carbonyl (C=O) groups excluding carboxylic acids is 1. The summed E-state index contributed by atoms with van der Waals surface area (Å²) < 4.78 is 5.57. The molecule has 1 amide bonds. The number of carbonyl (C=O) groups is 1. The fourth-order valence-electron chi connectivity index (χ4n) is 2.31. The van der Waals surface area contributed by atoms with Gasteiger partial charge >= 0.3 is 0 Å². The predicted molar refractivity (Wildman–Crippen MR) is 72.5 cm³/mol. The minimum Gasteiger partial charge on any atom is -0.391 e. The Balaban J connectivity index is 2.23. The molecule has 1 aliphatic heterocycles. The van der Waals surface area contributed by atoms with Crippen LogP contribution in [-0.2, 0) is 16.1 Å². The first-order valence-corrected chi connectivity index (χ1v) is 6.59.